The normalized spacial score (nSPS) is 46.5. The van der Waals surface area contributed by atoms with Gasteiger partial charge in [0.15, 0.2) is 0 Å². The molecule has 4 rings (SSSR count). The molecule has 3 fully saturated rings. The molecular formula is C27H46O. The Balaban J connectivity index is 1.53. The number of allylic oxidation sites excluding steroid dienone is 2. The summed E-state index contributed by atoms with van der Waals surface area (Å²) in [6.07, 6.45) is 17.3. The Morgan fingerprint density at radius 3 is 2.61 bits per heavy atom. The fraction of sp³-hybridized carbons (Fsp3) is 0.926. The zero-order valence-corrected chi connectivity index (χ0v) is 19.3. The first-order chi connectivity index (χ1) is 13.3. The average molecular weight is 387 g/mol. The van der Waals surface area contributed by atoms with E-state index in [0.717, 1.165) is 30.1 Å². The highest BCUT2D eigenvalue weighted by atomic mass is 16.3. The summed E-state index contributed by atoms with van der Waals surface area (Å²) >= 11 is 0. The van der Waals surface area contributed by atoms with Crippen LogP contribution in [-0.2, 0) is 0 Å². The molecule has 0 aromatic rings. The van der Waals surface area contributed by atoms with Gasteiger partial charge in [0, 0.05) is 0 Å². The number of aliphatic hydroxyl groups excluding tert-OH is 1. The molecule has 1 N–H and O–H groups in total. The van der Waals surface area contributed by atoms with Gasteiger partial charge < -0.3 is 5.11 Å². The molecule has 160 valence electrons. The van der Waals surface area contributed by atoms with E-state index < -0.39 is 0 Å². The molecule has 0 aromatic carbocycles. The summed E-state index contributed by atoms with van der Waals surface area (Å²) in [6.45, 7) is 12.3. The van der Waals surface area contributed by atoms with Crippen molar-refractivity contribution < 1.29 is 5.11 Å². The standard InChI is InChI=1S/C27H46O/c1-18(2)9-8-10-19(3)25-24(28)17-23-21-13-12-20-11-6-7-15-26(20,4)22(21)14-16-27(23,25)5/h12,18-19,21-25,28H,6-11,13-17H2,1-5H3/t19-,21-,22+,23+,24-,25+,26+,27+/m1/s1. The highest BCUT2D eigenvalue weighted by molar-refractivity contribution is 5.24. The Morgan fingerprint density at radius 1 is 1.07 bits per heavy atom. The van der Waals surface area contributed by atoms with Gasteiger partial charge in [0.2, 0.25) is 0 Å². The predicted octanol–water partition coefficient (Wildman–Crippen LogP) is 7.39. The summed E-state index contributed by atoms with van der Waals surface area (Å²) in [5.41, 5.74) is 2.66. The van der Waals surface area contributed by atoms with Gasteiger partial charge in [-0.05, 0) is 91.3 Å². The minimum absolute atomic E-state index is 0.0626. The molecule has 4 aliphatic carbocycles. The minimum Gasteiger partial charge on any atom is -0.393 e. The van der Waals surface area contributed by atoms with Gasteiger partial charge in [0.05, 0.1) is 6.10 Å². The van der Waals surface area contributed by atoms with E-state index in [0.29, 0.717) is 22.7 Å². The molecule has 1 nitrogen and oxygen atoms in total. The van der Waals surface area contributed by atoms with Gasteiger partial charge in [-0.15, -0.1) is 0 Å². The molecule has 0 saturated heterocycles. The molecule has 0 aliphatic heterocycles. The molecule has 0 aromatic heterocycles. The van der Waals surface area contributed by atoms with Gasteiger partial charge in [0.1, 0.15) is 0 Å². The van der Waals surface area contributed by atoms with Crippen LogP contribution in [0.4, 0.5) is 0 Å². The molecule has 3 saturated carbocycles. The lowest BCUT2D eigenvalue weighted by Crippen LogP contribution is -2.50. The lowest BCUT2D eigenvalue weighted by Gasteiger charge is -2.58. The maximum atomic E-state index is 11.2. The van der Waals surface area contributed by atoms with Crippen LogP contribution < -0.4 is 0 Å². The van der Waals surface area contributed by atoms with E-state index in [-0.39, 0.29) is 6.10 Å². The van der Waals surface area contributed by atoms with E-state index in [2.05, 4.69) is 40.7 Å². The van der Waals surface area contributed by atoms with Crippen LogP contribution in [0.3, 0.4) is 0 Å². The van der Waals surface area contributed by atoms with Crippen LogP contribution in [0.5, 0.6) is 0 Å². The second kappa shape index (κ2) is 7.75. The molecule has 28 heavy (non-hydrogen) atoms. The number of rotatable bonds is 5. The monoisotopic (exact) mass is 386 g/mol. The number of fused-ring (bicyclic) bond motifs is 5. The molecule has 0 spiro atoms. The summed E-state index contributed by atoms with van der Waals surface area (Å²) in [5.74, 6) is 4.45. The van der Waals surface area contributed by atoms with Crippen molar-refractivity contribution in [3.8, 4) is 0 Å². The van der Waals surface area contributed by atoms with Gasteiger partial charge in [-0.1, -0.05) is 72.0 Å². The van der Waals surface area contributed by atoms with Crippen LogP contribution in [-0.4, -0.2) is 11.2 Å². The van der Waals surface area contributed by atoms with Gasteiger partial charge in [-0.2, -0.15) is 0 Å². The van der Waals surface area contributed by atoms with E-state index in [1.807, 2.05) is 0 Å². The SMILES string of the molecule is CC(C)CCC[C@@H](C)[C@H]1[C@H](O)C[C@H]2[C@@H]3CC=C4CCCC[C@]4(C)[C@H]3CC[C@]12C. The van der Waals surface area contributed by atoms with Crippen molar-refractivity contribution >= 4 is 0 Å². The molecule has 1 heteroatoms. The van der Waals surface area contributed by atoms with Crippen LogP contribution in [0.15, 0.2) is 11.6 Å². The van der Waals surface area contributed by atoms with Gasteiger partial charge in [-0.25, -0.2) is 0 Å². The topological polar surface area (TPSA) is 20.2 Å². The quantitative estimate of drug-likeness (QED) is 0.488. The first-order valence-corrected chi connectivity index (χ1v) is 12.6. The third kappa shape index (κ3) is 3.32. The van der Waals surface area contributed by atoms with Crippen molar-refractivity contribution in [3.05, 3.63) is 11.6 Å². The van der Waals surface area contributed by atoms with Crippen LogP contribution in [0.1, 0.15) is 105 Å². The molecule has 0 radical (unpaired) electrons. The van der Waals surface area contributed by atoms with Crippen molar-refractivity contribution in [1.82, 2.24) is 0 Å². The lowest BCUT2D eigenvalue weighted by molar-refractivity contribution is -0.0558. The third-order valence-electron chi connectivity index (χ3n) is 10.2. The summed E-state index contributed by atoms with van der Waals surface area (Å²) < 4.78 is 0. The van der Waals surface area contributed by atoms with E-state index in [1.54, 1.807) is 5.57 Å². The fourth-order valence-corrected chi connectivity index (χ4v) is 8.81. The fourth-order valence-electron chi connectivity index (χ4n) is 8.81. The minimum atomic E-state index is -0.0626. The Hall–Kier alpha value is -0.300. The molecule has 0 amide bonds. The smallest absolute Gasteiger partial charge is 0.0579 e. The van der Waals surface area contributed by atoms with Crippen molar-refractivity contribution in [2.75, 3.05) is 0 Å². The highest BCUT2D eigenvalue weighted by Crippen LogP contribution is 2.67. The number of hydrogen-bond donors (Lipinski definition) is 1. The van der Waals surface area contributed by atoms with E-state index in [9.17, 15) is 5.11 Å². The predicted molar refractivity (Wildman–Crippen MR) is 119 cm³/mol. The van der Waals surface area contributed by atoms with Crippen LogP contribution in [0.25, 0.3) is 0 Å². The highest BCUT2D eigenvalue weighted by Gasteiger charge is 2.61. The first kappa shape index (κ1) is 21.0. The lowest BCUT2D eigenvalue weighted by atomic mass is 9.47. The third-order valence-corrected chi connectivity index (χ3v) is 10.2. The molecule has 4 aliphatic rings. The largest absolute Gasteiger partial charge is 0.393 e. The van der Waals surface area contributed by atoms with Crippen molar-refractivity contribution in [2.24, 2.45) is 46.3 Å². The van der Waals surface area contributed by atoms with Crippen LogP contribution in [0, 0.1) is 46.3 Å². The molecular weight excluding hydrogens is 340 g/mol. The Bertz CT molecular complexity index is 591. The van der Waals surface area contributed by atoms with E-state index in [4.69, 9.17) is 0 Å². The molecule has 0 heterocycles. The van der Waals surface area contributed by atoms with Crippen molar-refractivity contribution in [1.29, 1.82) is 0 Å². The maximum absolute atomic E-state index is 11.2. The van der Waals surface area contributed by atoms with Gasteiger partial charge >= 0.3 is 0 Å². The van der Waals surface area contributed by atoms with Crippen LogP contribution in [0.2, 0.25) is 0 Å². The molecule has 8 atom stereocenters. The maximum Gasteiger partial charge on any atom is 0.0579 e. The summed E-state index contributed by atoms with van der Waals surface area (Å²) in [6, 6.07) is 0. The van der Waals surface area contributed by atoms with E-state index in [1.165, 1.54) is 64.2 Å². The zero-order chi connectivity index (χ0) is 20.1. The summed E-state index contributed by atoms with van der Waals surface area (Å²) in [5, 5.41) is 11.2. The second-order valence-corrected chi connectivity index (χ2v) is 12.1. The summed E-state index contributed by atoms with van der Waals surface area (Å²) in [7, 11) is 0. The molecule has 0 unspecified atom stereocenters. The van der Waals surface area contributed by atoms with E-state index >= 15 is 0 Å². The second-order valence-electron chi connectivity index (χ2n) is 12.1. The van der Waals surface area contributed by atoms with Crippen LogP contribution >= 0.6 is 0 Å². The first-order valence-electron chi connectivity index (χ1n) is 12.6. The number of hydrogen-bond acceptors (Lipinski definition) is 1. The Morgan fingerprint density at radius 2 is 1.86 bits per heavy atom. The van der Waals surface area contributed by atoms with Gasteiger partial charge in [0.25, 0.3) is 0 Å². The Labute approximate surface area is 174 Å². The number of aliphatic hydroxyl groups is 1. The van der Waals surface area contributed by atoms with Crippen molar-refractivity contribution in [3.63, 3.8) is 0 Å². The van der Waals surface area contributed by atoms with Crippen molar-refractivity contribution in [2.45, 2.75) is 111 Å². The zero-order valence-electron chi connectivity index (χ0n) is 19.3. The molecule has 0 bridgehead atoms. The average Bonchev–Trinajstić information content (AvgIpc) is 2.91. The summed E-state index contributed by atoms with van der Waals surface area (Å²) in [4.78, 5) is 0. The Kier molecular flexibility index (Phi) is 5.80. The van der Waals surface area contributed by atoms with Gasteiger partial charge in [-0.3, -0.25) is 0 Å².